The molecule has 104 valence electrons. The number of likely N-dealkylation sites (tertiary alicyclic amines) is 1. The van der Waals surface area contributed by atoms with Crippen LogP contribution in [0.2, 0.25) is 0 Å². The third-order valence-electron chi connectivity index (χ3n) is 4.05. The highest BCUT2D eigenvalue weighted by Gasteiger charge is 2.38. The Hall–Kier alpha value is -0.610. The van der Waals surface area contributed by atoms with Crippen molar-refractivity contribution in [3.63, 3.8) is 0 Å². The minimum Gasteiger partial charge on any atom is -0.481 e. The smallest absolute Gasteiger partial charge is 0.307 e. The molecule has 1 aliphatic carbocycles. The van der Waals surface area contributed by atoms with Crippen molar-refractivity contribution in [2.75, 3.05) is 19.6 Å². The standard InChI is InChI=1S/C14H26N2O2/c1-10(2)5-6-15-12-7-11(14(17)18)8-16(9-12)13-3-4-13/h10-13,15H,3-9H2,1-2H3,(H,17,18). The van der Waals surface area contributed by atoms with E-state index in [0.717, 1.165) is 32.5 Å². The van der Waals surface area contributed by atoms with Gasteiger partial charge in [-0.15, -0.1) is 0 Å². The van der Waals surface area contributed by atoms with Gasteiger partial charge in [0.15, 0.2) is 0 Å². The molecule has 2 rings (SSSR count). The molecule has 0 bridgehead atoms. The molecule has 0 spiro atoms. The molecule has 2 unspecified atom stereocenters. The van der Waals surface area contributed by atoms with Crippen LogP contribution in [-0.4, -0.2) is 47.7 Å². The van der Waals surface area contributed by atoms with Gasteiger partial charge in [0.1, 0.15) is 0 Å². The second kappa shape index (κ2) is 6.02. The molecule has 0 amide bonds. The van der Waals surface area contributed by atoms with Gasteiger partial charge in [-0.1, -0.05) is 13.8 Å². The molecule has 0 aromatic rings. The number of nitrogens with zero attached hydrogens (tertiary/aromatic N) is 1. The van der Waals surface area contributed by atoms with E-state index < -0.39 is 5.97 Å². The van der Waals surface area contributed by atoms with E-state index in [-0.39, 0.29) is 5.92 Å². The Labute approximate surface area is 110 Å². The zero-order chi connectivity index (χ0) is 13.1. The van der Waals surface area contributed by atoms with Gasteiger partial charge >= 0.3 is 5.97 Å². The number of carbonyl (C=O) groups is 1. The van der Waals surface area contributed by atoms with Gasteiger partial charge < -0.3 is 10.4 Å². The lowest BCUT2D eigenvalue weighted by Crippen LogP contribution is -2.51. The predicted molar refractivity (Wildman–Crippen MR) is 71.6 cm³/mol. The Morgan fingerprint density at radius 3 is 2.67 bits per heavy atom. The van der Waals surface area contributed by atoms with Crippen molar-refractivity contribution in [1.82, 2.24) is 10.2 Å². The van der Waals surface area contributed by atoms with E-state index in [0.29, 0.717) is 18.0 Å². The van der Waals surface area contributed by atoms with Crippen LogP contribution >= 0.6 is 0 Å². The fraction of sp³-hybridized carbons (Fsp3) is 0.929. The Bertz CT molecular complexity index is 290. The summed E-state index contributed by atoms with van der Waals surface area (Å²) in [6.07, 6.45) is 4.46. The maximum Gasteiger partial charge on any atom is 0.307 e. The molecule has 1 saturated carbocycles. The lowest BCUT2D eigenvalue weighted by molar-refractivity contribution is -0.144. The lowest BCUT2D eigenvalue weighted by Gasteiger charge is -2.36. The maximum atomic E-state index is 11.2. The summed E-state index contributed by atoms with van der Waals surface area (Å²) in [5, 5.41) is 12.8. The van der Waals surface area contributed by atoms with E-state index in [1.54, 1.807) is 0 Å². The number of hydrogen-bond donors (Lipinski definition) is 2. The van der Waals surface area contributed by atoms with Crippen LogP contribution in [0.1, 0.15) is 39.5 Å². The molecule has 2 atom stereocenters. The molecule has 2 aliphatic rings. The highest BCUT2D eigenvalue weighted by molar-refractivity contribution is 5.70. The number of hydrogen-bond acceptors (Lipinski definition) is 3. The number of carboxylic acids is 1. The highest BCUT2D eigenvalue weighted by atomic mass is 16.4. The Kier molecular flexibility index (Phi) is 4.62. The summed E-state index contributed by atoms with van der Waals surface area (Å²) in [5.74, 6) is -0.109. The number of rotatable bonds is 6. The summed E-state index contributed by atoms with van der Waals surface area (Å²) < 4.78 is 0. The minimum absolute atomic E-state index is 0.184. The number of carboxylic acid groups (broad SMARTS) is 1. The van der Waals surface area contributed by atoms with Gasteiger partial charge in [0, 0.05) is 25.2 Å². The Morgan fingerprint density at radius 1 is 1.39 bits per heavy atom. The van der Waals surface area contributed by atoms with Gasteiger partial charge in [0.2, 0.25) is 0 Å². The fourth-order valence-electron chi connectivity index (χ4n) is 2.77. The van der Waals surface area contributed by atoms with Crippen LogP contribution in [0.25, 0.3) is 0 Å². The van der Waals surface area contributed by atoms with Crippen LogP contribution in [0.4, 0.5) is 0 Å². The topological polar surface area (TPSA) is 52.6 Å². The van der Waals surface area contributed by atoms with Gasteiger partial charge in [-0.25, -0.2) is 0 Å². The molecule has 1 saturated heterocycles. The van der Waals surface area contributed by atoms with Gasteiger partial charge in [-0.05, 0) is 38.1 Å². The van der Waals surface area contributed by atoms with Crippen LogP contribution in [0.15, 0.2) is 0 Å². The second-order valence-electron chi connectivity index (χ2n) is 6.29. The van der Waals surface area contributed by atoms with Crippen LogP contribution in [0, 0.1) is 11.8 Å². The van der Waals surface area contributed by atoms with Crippen molar-refractivity contribution in [1.29, 1.82) is 0 Å². The van der Waals surface area contributed by atoms with Crippen molar-refractivity contribution in [3.8, 4) is 0 Å². The normalized spacial score (nSPS) is 29.7. The van der Waals surface area contributed by atoms with Gasteiger partial charge in [-0.3, -0.25) is 9.69 Å². The largest absolute Gasteiger partial charge is 0.481 e. The zero-order valence-electron chi connectivity index (χ0n) is 11.6. The number of piperidine rings is 1. The first kappa shape index (κ1) is 13.8. The molecule has 0 aromatic heterocycles. The second-order valence-corrected chi connectivity index (χ2v) is 6.29. The maximum absolute atomic E-state index is 11.2. The third-order valence-corrected chi connectivity index (χ3v) is 4.05. The average molecular weight is 254 g/mol. The predicted octanol–water partition coefficient (Wildman–Crippen LogP) is 1.56. The quantitative estimate of drug-likeness (QED) is 0.755. The monoisotopic (exact) mass is 254 g/mol. The molecule has 2 fully saturated rings. The van der Waals surface area contributed by atoms with E-state index >= 15 is 0 Å². The lowest BCUT2D eigenvalue weighted by atomic mass is 9.94. The Balaban J connectivity index is 1.82. The van der Waals surface area contributed by atoms with E-state index in [4.69, 9.17) is 0 Å². The first-order valence-corrected chi connectivity index (χ1v) is 7.26. The summed E-state index contributed by atoms with van der Waals surface area (Å²) in [7, 11) is 0. The Morgan fingerprint density at radius 2 is 2.11 bits per heavy atom. The summed E-state index contributed by atoms with van der Waals surface area (Å²) >= 11 is 0. The van der Waals surface area contributed by atoms with E-state index in [2.05, 4.69) is 24.1 Å². The molecule has 0 aromatic carbocycles. The summed E-state index contributed by atoms with van der Waals surface area (Å²) in [6, 6.07) is 1.03. The van der Waals surface area contributed by atoms with Crippen molar-refractivity contribution < 1.29 is 9.90 Å². The fourth-order valence-corrected chi connectivity index (χ4v) is 2.77. The molecule has 1 aliphatic heterocycles. The molecule has 4 heteroatoms. The third kappa shape index (κ3) is 3.95. The highest BCUT2D eigenvalue weighted by Crippen LogP contribution is 2.31. The van der Waals surface area contributed by atoms with Gasteiger partial charge in [0.25, 0.3) is 0 Å². The molecular formula is C14H26N2O2. The van der Waals surface area contributed by atoms with E-state index in [9.17, 15) is 9.90 Å². The zero-order valence-corrected chi connectivity index (χ0v) is 11.6. The minimum atomic E-state index is -0.629. The summed E-state index contributed by atoms with van der Waals surface area (Å²) in [6.45, 7) is 7.24. The van der Waals surface area contributed by atoms with Crippen molar-refractivity contribution >= 4 is 5.97 Å². The van der Waals surface area contributed by atoms with E-state index in [1.165, 1.54) is 12.8 Å². The molecule has 4 nitrogen and oxygen atoms in total. The first-order chi connectivity index (χ1) is 8.56. The molecule has 18 heavy (non-hydrogen) atoms. The van der Waals surface area contributed by atoms with Gasteiger partial charge in [-0.2, -0.15) is 0 Å². The SMILES string of the molecule is CC(C)CCNC1CC(C(=O)O)CN(C2CC2)C1. The number of aliphatic carboxylic acids is 1. The summed E-state index contributed by atoms with van der Waals surface area (Å²) in [5.41, 5.74) is 0. The van der Waals surface area contributed by atoms with Crippen molar-refractivity contribution in [2.24, 2.45) is 11.8 Å². The van der Waals surface area contributed by atoms with Crippen LogP contribution in [0.5, 0.6) is 0 Å². The van der Waals surface area contributed by atoms with Crippen LogP contribution in [-0.2, 0) is 4.79 Å². The molecule has 2 N–H and O–H groups in total. The summed E-state index contributed by atoms with van der Waals surface area (Å²) in [4.78, 5) is 13.6. The number of nitrogens with one attached hydrogen (secondary N) is 1. The van der Waals surface area contributed by atoms with Crippen molar-refractivity contribution in [2.45, 2.75) is 51.6 Å². The first-order valence-electron chi connectivity index (χ1n) is 7.26. The average Bonchev–Trinajstić information content (AvgIpc) is 3.11. The van der Waals surface area contributed by atoms with Gasteiger partial charge in [0.05, 0.1) is 5.92 Å². The molecular weight excluding hydrogens is 228 g/mol. The van der Waals surface area contributed by atoms with Crippen LogP contribution < -0.4 is 5.32 Å². The molecule has 0 radical (unpaired) electrons. The van der Waals surface area contributed by atoms with Crippen LogP contribution in [0.3, 0.4) is 0 Å². The molecule has 1 heterocycles. The van der Waals surface area contributed by atoms with Crippen molar-refractivity contribution in [3.05, 3.63) is 0 Å². The van der Waals surface area contributed by atoms with E-state index in [1.807, 2.05) is 0 Å².